The molecule has 0 saturated carbocycles. The molecule has 0 spiro atoms. The van der Waals surface area contributed by atoms with E-state index in [1.54, 1.807) is 0 Å². The molecule has 0 amide bonds. The van der Waals surface area contributed by atoms with E-state index in [0.29, 0.717) is 0 Å². The van der Waals surface area contributed by atoms with Crippen molar-refractivity contribution < 1.29 is 0 Å². The Morgan fingerprint density at radius 3 is 2.50 bits per heavy atom. The van der Waals surface area contributed by atoms with Crippen LogP contribution >= 0.6 is 0 Å². The smallest absolute Gasteiger partial charge is 0.137 e. The highest BCUT2D eigenvalue weighted by Gasteiger charge is 2.19. The predicted octanol–water partition coefficient (Wildman–Crippen LogP) is 4.58. The van der Waals surface area contributed by atoms with E-state index < -0.39 is 0 Å². The zero-order chi connectivity index (χ0) is 18.1. The van der Waals surface area contributed by atoms with Gasteiger partial charge in [-0.1, -0.05) is 36.6 Å². The molecule has 2 N–H and O–H groups in total. The van der Waals surface area contributed by atoms with E-state index in [4.69, 9.17) is 10.7 Å². The van der Waals surface area contributed by atoms with E-state index >= 15 is 0 Å². The molecule has 0 bridgehead atoms. The number of hydrogen-bond acceptors (Lipinski definition) is 3. The molecule has 0 aliphatic carbocycles. The summed E-state index contributed by atoms with van der Waals surface area (Å²) in [6, 6.07) is 10.6. The highest BCUT2D eigenvalue weighted by atomic mass is 15.2. The molecule has 1 aromatic carbocycles. The zero-order valence-electron chi connectivity index (χ0n) is 15.8. The van der Waals surface area contributed by atoms with Gasteiger partial charge in [-0.15, -0.1) is 0 Å². The number of nitrogens with two attached hydrogens (primary N) is 1. The first-order chi connectivity index (χ1) is 12.6. The van der Waals surface area contributed by atoms with Gasteiger partial charge in [0.05, 0.1) is 11.4 Å². The number of likely N-dealkylation sites (tertiary alicyclic amines) is 1. The Morgan fingerprint density at radius 1 is 1.00 bits per heavy atom. The molecule has 136 valence electrons. The molecular weight excluding hydrogens is 320 g/mol. The van der Waals surface area contributed by atoms with Crippen LogP contribution in [-0.2, 0) is 6.54 Å². The normalized spacial score (nSPS) is 16.1. The summed E-state index contributed by atoms with van der Waals surface area (Å²) in [6.07, 6.45) is 7.29. The zero-order valence-corrected chi connectivity index (χ0v) is 15.8. The van der Waals surface area contributed by atoms with Crippen LogP contribution in [0.25, 0.3) is 16.9 Å². The van der Waals surface area contributed by atoms with Crippen molar-refractivity contribution in [3.05, 3.63) is 53.3 Å². The standard InChI is InChI=1S/C22H28N4/c1-16-7-9-19(17(2)13-16)22-20(15-25-11-5-3-4-6-12-25)26-14-18(23)8-10-21(26)24-22/h7-10,13-14H,3-6,11-12,15,23H2,1-2H3. The largest absolute Gasteiger partial charge is 0.398 e. The lowest BCUT2D eigenvalue weighted by molar-refractivity contribution is 0.273. The van der Waals surface area contributed by atoms with Crippen molar-refractivity contribution in [1.82, 2.24) is 14.3 Å². The third-order valence-electron chi connectivity index (χ3n) is 5.45. The number of rotatable bonds is 3. The van der Waals surface area contributed by atoms with Gasteiger partial charge < -0.3 is 10.1 Å². The van der Waals surface area contributed by atoms with Gasteiger partial charge in [-0.05, 0) is 57.5 Å². The van der Waals surface area contributed by atoms with Crippen LogP contribution < -0.4 is 5.73 Å². The molecular formula is C22H28N4. The fraction of sp³-hybridized carbons (Fsp3) is 0.409. The van der Waals surface area contributed by atoms with Gasteiger partial charge in [0.15, 0.2) is 0 Å². The first-order valence-electron chi connectivity index (χ1n) is 9.68. The van der Waals surface area contributed by atoms with Crippen LogP contribution in [0, 0.1) is 13.8 Å². The number of anilines is 1. The first kappa shape index (κ1) is 17.1. The minimum absolute atomic E-state index is 0.777. The van der Waals surface area contributed by atoms with Crippen molar-refractivity contribution in [3.63, 3.8) is 0 Å². The number of fused-ring (bicyclic) bond motifs is 1. The summed E-state index contributed by atoms with van der Waals surface area (Å²) in [5, 5.41) is 0. The second kappa shape index (κ2) is 7.12. The summed E-state index contributed by atoms with van der Waals surface area (Å²) >= 11 is 0. The Bertz CT molecular complexity index is 917. The lowest BCUT2D eigenvalue weighted by Gasteiger charge is -2.20. The topological polar surface area (TPSA) is 46.6 Å². The Labute approximate surface area is 155 Å². The van der Waals surface area contributed by atoms with Crippen LogP contribution in [0.1, 0.15) is 42.5 Å². The molecule has 1 saturated heterocycles. The monoisotopic (exact) mass is 348 g/mol. The van der Waals surface area contributed by atoms with Gasteiger partial charge in [-0.2, -0.15) is 0 Å². The quantitative estimate of drug-likeness (QED) is 0.754. The van der Waals surface area contributed by atoms with Crippen LogP contribution in [0.3, 0.4) is 0 Å². The van der Waals surface area contributed by atoms with E-state index in [0.717, 1.165) is 23.6 Å². The summed E-state index contributed by atoms with van der Waals surface area (Å²) in [6.45, 7) is 7.58. The van der Waals surface area contributed by atoms with Crippen LogP contribution in [0.2, 0.25) is 0 Å². The second-order valence-electron chi connectivity index (χ2n) is 7.61. The van der Waals surface area contributed by atoms with Gasteiger partial charge in [-0.25, -0.2) is 4.98 Å². The SMILES string of the molecule is Cc1ccc(-c2nc3ccc(N)cn3c2CN2CCCCCC2)c(C)c1. The Kier molecular flexibility index (Phi) is 4.68. The van der Waals surface area contributed by atoms with Crippen molar-refractivity contribution in [2.45, 2.75) is 46.1 Å². The average molecular weight is 348 g/mol. The fourth-order valence-electron chi connectivity index (χ4n) is 4.06. The van der Waals surface area contributed by atoms with Crippen LogP contribution in [0.4, 0.5) is 5.69 Å². The Balaban J connectivity index is 1.83. The van der Waals surface area contributed by atoms with Gasteiger partial charge >= 0.3 is 0 Å². The number of aromatic nitrogens is 2. The molecule has 0 atom stereocenters. The molecule has 2 aromatic heterocycles. The maximum Gasteiger partial charge on any atom is 0.137 e. The molecule has 26 heavy (non-hydrogen) atoms. The van der Waals surface area contributed by atoms with Gasteiger partial charge in [0.2, 0.25) is 0 Å². The maximum absolute atomic E-state index is 6.09. The van der Waals surface area contributed by atoms with E-state index in [-0.39, 0.29) is 0 Å². The minimum atomic E-state index is 0.777. The van der Waals surface area contributed by atoms with Gasteiger partial charge in [0.25, 0.3) is 0 Å². The molecule has 3 heterocycles. The molecule has 4 heteroatoms. The molecule has 1 fully saturated rings. The second-order valence-corrected chi connectivity index (χ2v) is 7.61. The third kappa shape index (κ3) is 3.34. The summed E-state index contributed by atoms with van der Waals surface area (Å²) in [5.41, 5.74) is 14.0. The lowest BCUT2D eigenvalue weighted by Crippen LogP contribution is -2.25. The molecule has 3 aromatic rings. The van der Waals surface area contributed by atoms with Crippen molar-refractivity contribution >= 4 is 11.3 Å². The molecule has 0 radical (unpaired) electrons. The minimum Gasteiger partial charge on any atom is -0.398 e. The molecule has 4 nitrogen and oxygen atoms in total. The van der Waals surface area contributed by atoms with Crippen LogP contribution in [-0.4, -0.2) is 27.4 Å². The van der Waals surface area contributed by atoms with Gasteiger partial charge in [0, 0.05) is 24.0 Å². The number of hydrogen-bond donors (Lipinski definition) is 1. The Hall–Kier alpha value is -2.33. The van der Waals surface area contributed by atoms with Crippen LogP contribution in [0.15, 0.2) is 36.5 Å². The first-order valence-corrected chi connectivity index (χ1v) is 9.68. The van der Waals surface area contributed by atoms with Gasteiger partial charge in [0.1, 0.15) is 5.65 Å². The number of pyridine rings is 1. The average Bonchev–Trinajstić information content (AvgIpc) is 2.79. The van der Waals surface area contributed by atoms with Crippen molar-refractivity contribution in [1.29, 1.82) is 0 Å². The van der Waals surface area contributed by atoms with Crippen LogP contribution in [0.5, 0.6) is 0 Å². The molecule has 1 aliphatic heterocycles. The summed E-state index contributed by atoms with van der Waals surface area (Å²) in [5.74, 6) is 0. The summed E-state index contributed by atoms with van der Waals surface area (Å²) in [7, 11) is 0. The van der Waals surface area contributed by atoms with Crippen molar-refractivity contribution in [3.8, 4) is 11.3 Å². The summed E-state index contributed by atoms with van der Waals surface area (Å²) in [4.78, 5) is 7.56. The molecule has 4 rings (SSSR count). The number of benzene rings is 1. The molecule has 1 aliphatic rings. The fourth-order valence-corrected chi connectivity index (χ4v) is 4.06. The summed E-state index contributed by atoms with van der Waals surface area (Å²) < 4.78 is 2.19. The highest BCUT2D eigenvalue weighted by Crippen LogP contribution is 2.30. The van der Waals surface area contributed by atoms with Crippen molar-refractivity contribution in [2.75, 3.05) is 18.8 Å². The number of nitrogen functional groups attached to an aromatic ring is 1. The van der Waals surface area contributed by atoms with Gasteiger partial charge in [-0.3, -0.25) is 4.90 Å². The lowest BCUT2D eigenvalue weighted by atomic mass is 10.0. The van der Waals surface area contributed by atoms with E-state index in [9.17, 15) is 0 Å². The number of nitrogens with zero attached hydrogens (tertiary/aromatic N) is 3. The third-order valence-corrected chi connectivity index (χ3v) is 5.45. The Morgan fingerprint density at radius 2 is 1.77 bits per heavy atom. The predicted molar refractivity (Wildman–Crippen MR) is 108 cm³/mol. The highest BCUT2D eigenvalue weighted by molar-refractivity contribution is 5.70. The molecule has 0 unspecified atom stereocenters. The maximum atomic E-state index is 6.09. The van der Waals surface area contributed by atoms with E-state index in [1.165, 1.54) is 61.2 Å². The van der Waals surface area contributed by atoms with E-state index in [2.05, 4.69) is 41.3 Å². The van der Waals surface area contributed by atoms with E-state index in [1.807, 2.05) is 18.3 Å². The number of aryl methyl sites for hydroxylation is 2. The number of imidazole rings is 1. The van der Waals surface area contributed by atoms with Crippen molar-refractivity contribution in [2.24, 2.45) is 0 Å².